The van der Waals surface area contributed by atoms with Gasteiger partial charge >= 0.3 is 0 Å². The number of hydrogen-bond donors (Lipinski definition) is 1. The van der Waals surface area contributed by atoms with Crippen molar-refractivity contribution in [2.75, 3.05) is 0 Å². The van der Waals surface area contributed by atoms with Crippen LogP contribution in [-0.4, -0.2) is 25.8 Å². The Hall–Kier alpha value is -1.27. The Labute approximate surface area is 98.5 Å². The van der Waals surface area contributed by atoms with E-state index in [9.17, 15) is 0 Å². The number of hydrogen-bond acceptors (Lipinski definition) is 5. The van der Waals surface area contributed by atoms with Crippen molar-refractivity contribution in [3.05, 3.63) is 29.2 Å². The van der Waals surface area contributed by atoms with Crippen LogP contribution in [0.25, 0.3) is 0 Å². The number of aryl methyl sites for hydroxylation is 1. The normalized spacial score (nSPS) is 12.8. The fourth-order valence-corrected chi connectivity index (χ4v) is 1.93. The van der Waals surface area contributed by atoms with Crippen molar-refractivity contribution in [2.45, 2.75) is 32.5 Å². The van der Waals surface area contributed by atoms with Crippen molar-refractivity contribution in [3.8, 4) is 0 Å². The predicted octanol–water partition coefficient (Wildman–Crippen LogP) is 1.30. The summed E-state index contributed by atoms with van der Waals surface area (Å²) in [4.78, 5) is 9.23. The molecule has 0 aliphatic carbocycles. The third-order valence-electron chi connectivity index (χ3n) is 2.37. The molecule has 0 aliphatic rings. The van der Waals surface area contributed by atoms with Gasteiger partial charge in [-0.05, 0) is 13.3 Å². The van der Waals surface area contributed by atoms with E-state index in [-0.39, 0.29) is 0 Å². The van der Waals surface area contributed by atoms with Crippen molar-refractivity contribution in [1.82, 2.24) is 25.1 Å². The number of rotatable bonds is 6. The van der Waals surface area contributed by atoms with E-state index in [2.05, 4.69) is 27.3 Å². The minimum Gasteiger partial charge on any atom is -0.309 e. The quantitative estimate of drug-likeness (QED) is 0.823. The molecule has 2 rings (SSSR count). The van der Waals surface area contributed by atoms with E-state index in [4.69, 9.17) is 0 Å². The lowest BCUT2D eigenvalue weighted by molar-refractivity contribution is 0.459. The standard InChI is InChI=1S/C10H15N5S/c1-9(2-3-15-7-12-6-14-15)13-5-10-4-11-8-16-10/h4,6-9,13H,2-3,5H2,1H3. The van der Waals surface area contributed by atoms with E-state index in [0.29, 0.717) is 6.04 Å². The van der Waals surface area contributed by atoms with Crippen LogP contribution >= 0.6 is 11.3 Å². The zero-order valence-corrected chi connectivity index (χ0v) is 10.0. The van der Waals surface area contributed by atoms with E-state index >= 15 is 0 Å². The molecule has 1 atom stereocenters. The van der Waals surface area contributed by atoms with Gasteiger partial charge in [0.25, 0.3) is 0 Å². The number of aromatic nitrogens is 4. The Kier molecular flexibility index (Phi) is 4.01. The summed E-state index contributed by atoms with van der Waals surface area (Å²) in [5, 5.41) is 7.52. The average molecular weight is 237 g/mol. The highest BCUT2D eigenvalue weighted by atomic mass is 32.1. The Balaban J connectivity index is 1.66. The molecule has 6 heteroatoms. The number of nitrogens with one attached hydrogen (secondary N) is 1. The third kappa shape index (κ3) is 3.39. The molecule has 1 N–H and O–H groups in total. The first-order valence-electron chi connectivity index (χ1n) is 5.28. The van der Waals surface area contributed by atoms with Gasteiger partial charge in [0.05, 0.1) is 5.51 Å². The predicted molar refractivity (Wildman–Crippen MR) is 63.1 cm³/mol. The Morgan fingerprint density at radius 1 is 1.50 bits per heavy atom. The van der Waals surface area contributed by atoms with Crippen LogP contribution in [0.5, 0.6) is 0 Å². The van der Waals surface area contributed by atoms with Gasteiger partial charge in [-0.3, -0.25) is 9.67 Å². The van der Waals surface area contributed by atoms with Crippen molar-refractivity contribution < 1.29 is 0 Å². The molecular weight excluding hydrogens is 222 g/mol. The molecular formula is C10H15N5S. The third-order valence-corrected chi connectivity index (χ3v) is 3.15. The largest absolute Gasteiger partial charge is 0.309 e. The topological polar surface area (TPSA) is 55.6 Å². The van der Waals surface area contributed by atoms with Crippen molar-refractivity contribution in [3.63, 3.8) is 0 Å². The molecule has 86 valence electrons. The summed E-state index contributed by atoms with van der Waals surface area (Å²) in [6.07, 6.45) is 6.26. The second kappa shape index (κ2) is 5.72. The molecule has 2 aromatic heterocycles. The highest BCUT2D eigenvalue weighted by Crippen LogP contribution is 2.05. The van der Waals surface area contributed by atoms with Crippen LogP contribution in [0.15, 0.2) is 24.4 Å². The van der Waals surface area contributed by atoms with Gasteiger partial charge in [0.2, 0.25) is 0 Å². The van der Waals surface area contributed by atoms with Crippen LogP contribution in [-0.2, 0) is 13.1 Å². The van der Waals surface area contributed by atoms with Gasteiger partial charge < -0.3 is 5.32 Å². The molecule has 0 saturated heterocycles. The van der Waals surface area contributed by atoms with E-state index in [1.807, 2.05) is 16.4 Å². The van der Waals surface area contributed by atoms with Gasteiger partial charge in [0.15, 0.2) is 0 Å². The molecule has 2 aromatic rings. The average Bonchev–Trinajstić information content (AvgIpc) is 2.96. The molecule has 0 spiro atoms. The maximum absolute atomic E-state index is 4.07. The Morgan fingerprint density at radius 3 is 3.12 bits per heavy atom. The lowest BCUT2D eigenvalue weighted by Gasteiger charge is -2.12. The second-order valence-electron chi connectivity index (χ2n) is 3.70. The Morgan fingerprint density at radius 2 is 2.44 bits per heavy atom. The highest BCUT2D eigenvalue weighted by molar-refractivity contribution is 7.09. The monoisotopic (exact) mass is 237 g/mol. The van der Waals surface area contributed by atoms with Crippen molar-refractivity contribution in [1.29, 1.82) is 0 Å². The molecule has 0 saturated carbocycles. The maximum Gasteiger partial charge on any atom is 0.137 e. The highest BCUT2D eigenvalue weighted by Gasteiger charge is 2.03. The smallest absolute Gasteiger partial charge is 0.137 e. The van der Waals surface area contributed by atoms with Gasteiger partial charge in [0.1, 0.15) is 12.7 Å². The summed E-state index contributed by atoms with van der Waals surface area (Å²) in [7, 11) is 0. The fraction of sp³-hybridized carbons (Fsp3) is 0.500. The molecule has 0 aliphatic heterocycles. The van der Waals surface area contributed by atoms with Crippen LogP contribution in [0.1, 0.15) is 18.2 Å². The molecule has 0 amide bonds. The zero-order valence-electron chi connectivity index (χ0n) is 9.21. The fourth-order valence-electron chi connectivity index (χ4n) is 1.38. The van der Waals surface area contributed by atoms with Crippen molar-refractivity contribution >= 4 is 11.3 Å². The second-order valence-corrected chi connectivity index (χ2v) is 4.67. The van der Waals surface area contributed by atoms with E-state index in [0.717, 1.165) is 19.5 Å². The minimum atomic E-state index is 0.464. The van der Waals surface area contributed by atoms with Gasteiger partial charge in [-0.2, -0.15) is 5.10 Å². The van der Waals surface area contributed by atoms with Gasteiger partial charge in [-0.25, -0.2) is 4.98 Å². The summed E-state index contributed by atoms with van der Waals surface area (Å²) < 4.78 is 1.85. The minimum absolute atomic E-state index is 0.464. The maximum atomic E-state index is 4.07. The molecule has 0 bridgehead atoms. The molecule has 16 heavy (non-hydrogen) atoms. The van der Waals surface area contributed by atoms with Crippen LogP contribution in [0.2, 0.25) is 0 Å². The summed E-state index contributed by atoms with van der Waals surface area (Å²) in [5.41, 5.74) is 1.86. The molecule has 0 aromatic carbocycles. The van der Waals surface area contributed by atoms with Crippen LogP contribution < -0.4 is 5.32 Å². The molecule has 1 unspecified atom stereocenters. The summed E-state index contributed by atoms with van der Waals surface area (Å²) >= 11 is 1.68. The summed E-state index contributed by atoms with van der Waals surface area (Å²) in [6.45, 7) is 3.97. The molecule has 5 nitrogen and oxygen atoms in total. The van der Waals surface area contributed by atoms with Gasteiger partial charge in [-0.15, -0.1) is 11.3 Å². The first-order chi connectivity index (χ1) is 7.84. The van der Waals surface area contributed by atoms with Crippen LogP contribution in [0.3, 0.4) is 0 Å². The molecule has 0 radical (unpaired) electrons. The van der Waals surface area contributed by atoms with E-state index in [1.54, 1.807) is 24.0 Å². The van der Waals surface area contributed by atoms with E-state index < -0.39 is 0 Å². The first kappa shape index (κ1) is 11.2. The molecule has 2 heterocycles. The van der Waals surface area contributed by atoms with E-state index in [1.165, 1.54) is 4.88 Å². The van der Waals surface area contributed by atoms with Crippen molar-refractivity contribution in [2.24, 2.45) is 0 Å². The number of nitrogens with zero attached hydrogens (tertiary/aromatic N) is 4. The van der Waals surface area contributed by atoms with Gasteiger partial charge in [0, 0.05) is 30.2 Å². The lowest BCUT2D eigenvalue weighted by Crippen LogP contribution is -2.26. The lowest BCUT2D eigenvalue weighted by atomic mass is 10.2. The van der Waals surface area contributed by atoms with Crippen LogP contribution in [0.4, 0.5) is 0 Å². The zero-order chi connectivity index (χ0) is 11.2. The summed E-state index contributed by atoms with van der Waals surface area (Å²) in [5.74, 6) is 0. The molecule has 0 fully saturated rings. The first-order valence-corrected chi connectivity index (χ1v) is 6.15. The van der Waals surface area contributed by atoms with Gasteiger partial charge in [-0.1, -0.05) is 0 Å². The summed E-state index contributed by atoms with van der Waals surface area (Å²) in [6, 6.07) is 0.464. The number of thiazole rings is 1. The SMILES string of the molecule is CC(CCn1cncn1)NCc1cncs1. The Bertz CT molecular complexity index is 345. The van der Waals surface area contributed by atoms with Crippen LogP contribution in [0, 0.1) is 0 Å².